The molecule has 8 aromatic heterocycles. The summed E-state index contributed by atoms with van der Waals surface area (Å²) < 4.78 is 122. The highest BCUT2D eigenvalue weighted by molar-refractivity contribution is 7.12. The fourth-order valence-electron chi connectivity index (χ4n) is 18.4. The zero-order chi connectivity index (χ0) is 98.7. The SMILES string of the molecule is CCc1nc2c(s1)CCN(C(=O)Cn1nc(-c3ccc(F)cc3)nc1-c1ccc(F)cc1)CC2.Cc1cn2c(n1)CCN(C(=O)Cn1nc(-c3ccc(F)cc3)nc1-c1ccc(F)cc1)CC2.O=C(Cn1nc(-c2ccc(F)cc2)nc1-c1ccc(F)cc1)N1CCc2nc(C3CCCCC3)sc2CC1.O=C(Cn1nc(-c2ccc(F)cc2)nc1-c1ccc(F)cc1)N1CCc2nc(C3CCOCC3)sc2CC1. The van der Waals surface area contributed by atoms with Gasteiger partial charge in [0, 0.05) is 194 Å². The van der Waals surface area contributed by atoms with Crippen LogP contribution in [0, 0.1) is 53.5 Å². The summed E-state index contributed by atoms with van der Waals surface area (Å²) in [4.78, 5) is 102. The number of rotatable bonds is 19. The maximum absolute atomic E-state index is 13.6. The average molecular weight is 2000 g/mol. The molecule has 16 aromatic rings. The highest BCUT2D eigenvalue weighted by atomic mass is 32.1. The molecule has 0 bridgehead atoms. The van der Waals surface area contributed by atoms with Gasteiger partial charge >= 0.3 is 0 Å². The standard InChI is InChI=1S/C29H29F2N5OS.C28H27F2N5O2S.C25H23F2N5OS.C24H22F2N6O/c30-22-10-6-19(7-11-22)27-33-28(20-8-12-23(31)13-9-20)36(34-27)18-26(37)35-16-14-24-25(15-17-35)38-29(32-24)21-4-2-1-3-5-21;29-21-5-1-18(2-6-21)26-32-27(19-3-7-22(30)8-4-19)35(33-26)17-25(36)34-13-9-23-24(10-14-34)38-28(31-23)20-11-15-37-16-12-20;1-2-22-28-20-11-13-31(14-12-21(20)34-22)23(33)15-32-25(17-5-9-19(27)10-6-17)29-24(30-32)16-3-7-18(26)8-4-16;1-16-14-31-13-12-30(11-10-21(31)27-16)22(33)15-32-24(18-4-8-20(26)9-5-18)28-23(29-32)17-2-6-19(25)7-3-17/h6-13,21H,1-5,14-18H2;1-8,20H,9-17H2;3-10H,2,11-15H2,1H3;2-9,14H,10-13,15H2,1H3. The zero-order valence-corrected chi connectivity index (χ0v) is 81.1. The van der Waals surface area contributed by atoms with Gasteiger partial charge in [-0.1, -0.05) is 26.2 Å². The fourth-order valence-corrected chi connectivity index (χ4v) is 22.0. The summed E-state index contributed by atoms with van der Waals surface area (Å²) in [7, 11) is 0. The third kappa shape index (κ3) is 23.7. The van der Waals surface area contributed by atoms with E-state index in [0.717, 1.165) is 105 Å². The van der Waals surface area contributed by atoms with Crippen LogP contribution in [0.1, 0.15) is 122 Å². The smallest absolute Gasteiger partial charge is 0.244 e. The van der Waals surface area contributed by atoms with Crippen molar-refractivity contribution in [2.75, 3.05) is 65.6 Å². The first-order chi connectivity index (χ1) is 69.5. The van der Waals surface area contributed by atoms with E-state index < -0.39 is 0 Å². The Balaban J connectivity index is 0.000000121. The van der Waals surface area contributed by atoms with E-state index in [4.69, 9.17) is 19.7 Å². The minimum atomic E-state index is -0.364. The first-order valence-electron chi connectivity index (χ1n) is 48.1. The van der Waals surface area contributed by atoms with Gasteiger partial charge in [0.2, 0.25) is 23.6 Å². The second-order valence-corrected chi connectivity index (χ2v) is 39.3. The van der Waals surface area contributed by atoms with Gasteiger partial charge < -0.3 is 28.9 Å². The molecule has 0 N–H and O–H groups in total. The Morgan fingerprint density at radius 3 is 0.916 bits per heavy atom. The van der Waals surface area contributed by atoms with Crippen molar-refractivity contribution < 1.29 is 59.0 Å². The van der Waals surface area contributed by atoms with Gasteiger partial charge in [-0.3, -0.25) is 19.2 Å². The highest BCUT2D eigenvalue weighted by Crippen LogP contribution is 2.40. The van der Waals surface area contributed by atoms with E-state index >= 15 is 0 Å². The van der Waals surface area contributed by atoms with E-state index in [-0.39, 0.29) is 96.3 Å². The van der Waals surface area contributed by atoms with E-state index in [0.29, 0.717) is 168 Å². The molecule has 0 unspecified atom stereocenters. The number of nitrogens with zero attached hydrogens (tertiary/aromatic N) is 21. The predicted octanol–water partition coefficient (Wildman–Crippen LogP) is 18.9. The van der Waals surface area contributed by atoms with Crippen LogP contribution in [0.15, 0.2) is 200 Å². The molecule has 0 spiro atoms. The predicted molar refractivity (Wildman–Crippen MR) is 527 cm³/mol. The number of aryl methyl sites for hydroxylation is 2. The number of halogens is 8. The Labute approximate surface area is 831 Å². The number of imidazole rings is 1. The van der Waals surface area contributed by atoms with Crippen LogP contribution in [0.3, 0.4) is 0 Å². The van der Waals surface area contributed by atoms with Crippen molar-refractivity contribution in [3.8, 4) is 91.1 Å². The first-order valence-corrected chi connectivity index (χ1v) is 50.5. The minimum absolute atomic E-state index is 0.00217. The van der Waals surface area contributed by atoms with E-state index in [9.17, 15) is 54.3 Å². The van der Waals surface area contributed by atoms with Crippen LogP contribution in [0.5, 0.6) is 0 Å². The number of fused-ring (bicyclic) bond motifs is 4. The monoisotopic (exact) mass is 2000 g/mol. The number of amides is 4. The molecule has 0 radical (unpaired) electrons. The second kappa shape index (κ2) is 44.5. The van der Waals surface area contributed by atoms with Crippen LogP contribution in [-0.2, 0) is 108 Å². The van der Waals surface area contributed by atoms with E-state index in [2.05, 4.69) is 56.8 Å². The van der Waals surface area contributed by atoms with Gasteiger partial charge in [-0.15, -0.1) is 54.4 Å². The summed E-state index contributed by atoms with van der Waals surface area (Å²) in [5.41, 5.74) is 9.44. The molecule has 1 aliphatic carbocycles. The number of aromatic nitrogens is 17. The Hall–Kier alpha value is -14.3. The minimum Gasteiger partial charge on any atom is -0.381 e. The largest absolute Gasteiger partial charge is 0.381 e. The van der Waals surface area contributed by atoms with Gasteiger partial charge in [-0.2, -0.15) is 0 Å². The summed E-state index contributed by atoms with van der Waals surface area (Å²) in [6.07, 6.45) is 16.7. The Morgan fingerprint density at radius 2 is 0.594 bits per heavy atom. The summed E-state index contributed by atoms with van der Waals surface area (Å²) in [5, 5.41) is 21.9. The van der Waals surface area contributed by atoms with Crippen molar-refractivity contribution in [2.45, 2.75) is 155 Å². The van der Waals surface area contributed by atoms with Crippen molar-refractivity contribution in [1.82, 2.24) is 103 Å². The normalized spacial score (nSPS) is 15.0. The van der Waals surface area contributed by atoms with Crippen LogP contribution in [0.4, 0.5) is 35.1 Å². The van der Waals surface area contributed by atoms with Gasteiger partial charge in [0.1, 0.15) is 78.5 Å². The first kappa shape index (κ1) is 97.5. The lowest BCUT2D eigenvalue weighted by molar-refractivity contribution is -0.132. The van der Waals surface area contributed by atoms with Gasteiger partial charge in [-0.05, 0) is 233 Å². The summed E-state index contributed by atoms with van der Waals surface area (Å²) in [5.74, 6) is 2.26. The topological polar surface area (TPSA) is 270 Å². The van der Waals surface area contributed by atoms with Crippen LogP contribution in [0.2, 0.25) is 0 Å². The van der Waals surface area contributed by atoms with Crippen molar-refractivity contribution >= 4 is 57.6 Å². The van der Waals surface area contributed by atoms with Crippen molar-refractivity contribution in [2.24, 2.45) is 0 Å². The molecule has 13 heterocycles. The third-order valence-electron chi connectivity index (χ3n) is 26.2. The summed E-state index contributed by atoms with van der Waals surface area (Å²) in [6, 6.07) is 47.2. The molecule has 22 rings (SSSR count). The van der Waals surface area contributed by atoms with Crippen molar-refractivity contribution in [1.29, 1.82) is 0 Å². The number of carbonyl (C=O) groups is 4. The number of thiazole rings is 3. The molecule has 2 fully saturated rings. The maximum atomic E-state index is 13.6. The molecule has 1 saturated heterocycles. The zero-order valence-electron chi connectivity index (χ0n) is 78.6. The van der Waals surface area contributed by atoms with Crippen LogP contribution >= 0.6 is 34.0 Å². The summed E-state index contributed by atoms with van der Waals surface area (Å²) >= 11 is 5.36. The highest BCUT2D eigenvalue weighted by Gasteiger charge is 2.33. The lowest BCUT2D eigenvalue weighted by atomic mass is 9.90. The van der Waals surface area contributed by atoms with Crippen LogP contribution in [-0.4, -0.2) is 192 Å². The third-order valence-corrected chi connectivity index (χ3v) is 30.1. The molecule has 8 aromatic carbocycles. The molecule has 5 aliphatic heterocycles. The quantitative estimate of drug-likeness (QED) is 0.0681. The average Bonchev–Trinajstić information content (AvgIpc) is 1.65. The Morgan fingerprint density at radius 1 is 0.315 bits per heavy atom. The number of hydrogen-bond donors (Lipinski definition) is 0. The number of benzene rings is 8. The number of hydrogen-bond acceptors (Lipinski definition) is 20. The molecular formula is C106H101F8N21O5S3. The molecule has 143 heavy (non-hydrogen) atoms. The summed E-state index contributed by atoms with van der Waals surface area (Å²) in [6.45, 7) is 11.2. The molecule has 37 heteroatoms. The van der Waals surface area contributed by atoms with E-state index in [1.807, 2.05) is 39.2 Å². The molecule has 4 amide bonds. The lowest BCUT2D eigenvalue weighted by Gasteiger charge is -2.21. The second-order valence-electron chi connectivity index (χ2n) is 35.9. The molecule has 1 saturated carbocycles. The van der Waals surface area contributed by atoms with Gasteiger partial charge in [0.25, 0.3) is 0 Å². The lowest BCUT2D eigenvalue weighted by Crippen LogP contribution is -2.36. The Bertz CT molecular complexity index is 6840. The van der Waals surface area contributed by atoms with Crippen molar-refractivity contribution in [3.05, 3.63) is 305 Å². The maximum Gasteiger partial charge on any atom is 0.244 e. The van der Waals surface area contributed by atoms with Crippen LogP contribution in [0.25, 0.3) is 91.1 Å². The van der Waals surface area contributed by atoms with Crippen LogP contribution < -0.4 is 0 Å². The van der Waals surface area contributed by atoms with Crippen molar-refractivity contribution in [3.63, 3.8) is 0 Å². The van der Waals surface area contributed by atoms with E-state index in [1.165, 1.54) is 158 Å². The molecule has 734 valence electrons. The fraction of sp³-hybridized carbons (Fsp3) is 0.321. The van der Waals surface area contributed by atoms with Gasteiger partial charge in [-0.25, -0.2) is 93.7 Å². The molecule has 26 nitrogen and oxygen atoms in total. The number of ether oxygens (including phenoxy) is 1. The molecular weight excluding hydrogens is 1900 g/mol. The van der Waals surface area contributed by atoms with Gasteiger partial charge in [0.15, 0.2) is 46.6 Å². The Kier molecular flexibility index (Phi) is 30.3. The molecule has 0 atom stereocenters. The van der Waals surface area contributed by atoms with Gasteiger partial charge in [0.05, 0.1) is 37.8 Å². The number of carbonyl (C=O) groups excluding carboxylic acids is 4. The van der Waals surface area contributed by atoms with E-state index in [1.54, 1.807) is 139 Å². The molecule has 6 aliphatic rings.